The molecule has 0 saturated heterocycles. The lowest BCUT2D eigenvalue weighted by Crippen LogP contribution is -2.54. The van der Waals surface area contributed by atoms with Crippen LogP contribution in [0.3, 0.4) is 0 Å². The molecule has 2 aromatic carbocycles. The third-order valence-corrected chi connectivity index (χ3v) is 5.52. The maximum Gasteiger partial charge on any atom is 0.311 e. The van der Waals surface area contributed by atoms with Gasteiger partial charge >= 0.3 is 5.97 Å². The van der Waals surface area contributed by atoms with Gasteiger partial charge in [-0.05, 0) is 30.4 Å². The molecule has 0 aromatic heterocycles. The molecule has 0 N–H and O–H groups in total. The van der Waals surface area contributed by atoms with Crippen molar-refractivity contribution in [3.05, 3.63) is 71.8 Å². The molecular weight excluding hydrogens is 310 g/mol. The van der Waals surface area contributed by atoms with Gasteiger partial charge in [0.15, 0.2) is 0 Å². The molecule has 25 heavy (non-hydrogen) atoms. The van der Waals surface area contributed by atoms with Gasteiger partial charge in [0.05, 0.1) is 12.5 Å². The van der Waals surface area contributed by atoms with Gasteiger partial charge in [-0.3, -0.25) is 9.69 Å². The highest BCUT2D eigenvalue weighted by Crippen LogP contribution is 2.48. The molecule has 0 spiro atoms. The van der Waals surface area contributed by atoms with Gasteiger partial charge in [-0.1, -0.05) is 67.6 Å². The Bertz CT molecular complexity index is 636. The fourth-order valence-corrected chi connectivity index (χ4v) is 3.87. The summed E-state index contributed by atoms with van der Waals surface area (Å²) in [5.41, 5.74) is 2.33. The first-order valence-corrected chi connectivity index (χ1v) is 9.07. The molecule has 1 fully saturated rings. The second-order valence-corrected chi connectivity index (χ2v) is 7.06. The SMILES string of the molecule is CC[C@]1(C(=O)OC)C[C@@H](N(Cc2ccccc2)Cc2ccccc2)C1. The van der Waals surface area contributed by atoms with E-state index in [4.69, 9.17) is 4.74 Å². The van der Waals surface area contributed by atoms with E-state index in [0.717, 1.165) is 32.4 Å². The smallest absolute Gasteiger partial charge is 0.311 e. The minimum atomic E-state index is -0.287. The van der Waals surface area contributed by atoms with Crippen molar-refractivity contribution in [1.82, 2.24) is 4.90 Å². The molecule has 1 aliphatic carbocycles. The van der Waals surface area contributed by atoms with E-state index in [1.54, 1.807) is 0 Å². The minimum Gasteiger partial charge on any atom is -0.469 e. The topological polar surface area (TPSA) is 29.5 Å². The Labute approximate surface area is 150 Å². The van der Waals surface area contributed by atoms with Crippen molar-refractivity contribution in [2.24, 2.45) is 5.41 Å². The molecule has 2 aromatic rings. The monoisotopic (exact) mass is 337 g/mol. The van der Waals surface area contributed by atoms with Gasteiger partial charge in [-0.15, -0.1) is 0 Å². The lowest BCUT2D eigenvalue weighted by Gasteiger charge is -2.49. The summed E-state index contributed by atoms with van der Waals surface area (Å²) < 4.78 is 5.06. The van der Waals surface area contributed by atoms with Crippen LogP contribution in [0.2, 0.25) is 0 Å². The van der Waals surface area contributed by atoms with Crippen LogP contribution in [0.5, 0.6) is 0 Å². The van der Waals surface area contributed by atoms with Crippen molar-refractivity contribution >= 4 is 5.97 Å². The highest BCUT2D eigenvalue weighted by molar-refractivity contribution is 5.78. The maximum absolute atomic E-state index is 12.2. The average Bonchev–Trinajstić information content (AvgIpc) is 2.62. The Morgan fingerprint density at radius 1 is 1.00 bits per heavy atom. The van der Waals surface area contributed by atoms with E-state index in [0.29, 0.717) is 6.04 Å². The number of ether oxygens (including phenoxy) is 1. The zero-order valence-electron chi connectivity index (χ0n) is 15.2. The van der Waals surface area contributed by atoms with E-state index in [2.05, 4.69) is 60.4 Å². The summed E-state index contributed by atoms with van der Waals surface area (Å²) in [5.74, 6) is -0.0503. The Kier molecular flexibility index (Phi) is 5.54. The van der Waals surface area contributed by atoms with E-state index < -0.39 is 0 Å². The largest absolute Gasteiger partial charge is 0.469 e. The first-order valence-electron chi connectivity index (χ1n) is 9.07. The summed E-state index contributed by atoms with van der Waals surface area (Å²) >= 11 is 0. The number of carbonyl (C=O) groups excluding carboxylic acids is 1. The lowest BCUT2D eigenvalue weighted by atomic mass is 9.63. The van der Waals surface area contributed by atoms with Crippen LogP contribution >= 0.6 is 0 Å². The van der Waals surface area contributed by atoms with Crippen LogP contribution in [0.4, 0.5) is 0 Å². The van der Waals surface area contributed by atoms with Gasteiger partial charge in [0.2, 0.25) is 0 Å². The Hall–Kier alpha value is -2.13. The van der Waals surface area contributed by atoms with Crippen molar-refractivity contribution in [2.45, 2.75) is 45.3 Å². The van der Waals surface area contributed by atoms with Crippen LogP contribution < -0.4 is 0 Å². The van der Waals surface area contributed by atoms with Gasteiger partial charge in [0, 0.05) is 19.1 Å². The Morgan fingerprint density at radius 2 is 1.48 bits per heavy atom. The highest BCUT2D eigenvalue weighted by atomic mass is 16.5. The molecule has 3 nitrogen and oxygen atoms in total. The quantitative estimate of drug-likeness (QED) is 0.701. The molecule has 3 heteroatoms. The van der Waals surface area contributed by atoms with E-state index in [1.807, 2.05) is 12.1 Å². The van der Waals surface area contributed by atoms with Crippen LogP contribution in [0.15, 0.2) is 60.7 Å². The van der Waals surface area contributed by atoms with Crippen molar-refractivity contribution in [3.63, 3.8) is 0 Å². The molecule has 0 amide bonds. The van der Waals surface area contributed by atoms with Gasteiger partial charge in [-0.25, -0.2) is 0 Å². The minimum absolute atomic E-state index is 0.0503. The molecule has 132 valence electrons. The zero-order valence-corrected chi connectivity index (χ0v) is 15.2. The van der Waals surface area contributed by atoms with Crippen molar-refractivity contribution in [3.8, 4) is 0 Å². The van der Waals surface area contributed by atoms with Crippen molar-refractivity contribution in [1.29, 1.82) is 0 Å². The number of hydrogen-bond donors (Lipinski definition) is 0. The predicted octanol–water partition coefficient (Wildman–Crippen LogP) is 4.42. The van der Waals surface area contributed by atoms with Gasteiger partial charge < -0.3 is 4.74 Å². The van der Waals surface area contributed by atoms with Crippen LogP contribution in [-0.2, 0) is 22.6 Å². The zero-order chi connectivity index (χ0) is 17.7. The van der Waals surface area contributed by atoms with Crippen LogP contribution in [-0.4, -0.2) is 24.0 Å². The third kappa shape index (κ3) is 3.93. The number of esters is 1. The molecule has 1 saturated carbocycles. The van der Waals surface area contributed by atoms with Crippen LogP contribution in [0.1, 0.15) is 37.3 Å². The number of methoxy groups -OCH3 is 1. The second-order valence-electron chi connectivity index (χ2n) is 7.06. The highest BCUT2D eigenvalue weighted by Gasteiger charge is 2.51. The van der Waals surface area contributed by atoms with E-state index in [-0.39, 0.29) is 11.4 Å². The van der Waals surface area contributed by atoms with Gasteiger partial charge in [-0.2, -0.15) is 0 Å². The summed E-state index contributed by atoms with van der Waals surface area (Å²) in [5, 5.41) is 0. The van der Waals surface area contributed by atoms with E-state index in [1.165, 1.54) is 18.2 Å². The normalized spacial score (nSPS) is 22.4. The molecule has 0 bridgehead atoms. The molecule has 0 aliphatic heterocycles. The number of carbonyl (C=O) groups is 1. The summed E-state index contributed by atoms with van der Waals surface area (Å²) in [6.07, 6.45) is 2.62. The molecule has 0 unspecified atom stereocenters. The predicted molar refractivity (Wildman–Crippen MR) is 99.9 cm³/mol. The first-order chi connectivity index (χ1) is 12.2. The number of hydrogen-bond acceptors (Lipinski definition) is 3. The Balaban J connectivity index is 1.74. The summed E-state index contributed by atoms with van der Waals surface area (Å²) in [6, 6.07) is 21.5. The summed E-state index contributed by atoms with van der Waals surface area (Å²) in [6.45, 7) is 3.90. The average molecular weight is 337 g/mol. The molecule has 0 radical (unpaired) electrons. The standard InChI is InChI=1S/C22H27NO2/c1-3-22(21(24)25-2)14-20(15-22)23(16-18-10-6-4-7-11-18)17-19-12-8-5-9-13-19/h4-13,20H,3,14-17H2,1-2H3/t20-,22+. The molecule has 3 rings (SSSR count). The molecular formula is C22H27NO2. The van der Waals surface area contributed by atoms with E-state index >= 15 is 0 Å². The van der Waals surface area contributed by atoms with E-state index in [9.17, 15) is 4.79 Å². The first kappa shape index (κ1) is 17.7. The Morgan fingerprint density at radius 3 is 1.88 bits per heavy atom. The fraction of sp³-hybridized carbons (Fsp3) is 0.409. The van der Waals surface area contributed by atoms with Gasteiger partial charge in [0.1, 0.15) is 0 Å². The number of benzene rings is 2. The maximum atomic E-state index is 12.2. The lowest BCUT2D eigenvalue weighted by molar-refractivity contribution is -0.164. The molecule has 0 heterocycles. The number of rotatable bonds is 7. The van der Waals surface area contributed by atoms with Crippen molar-refractivity contribution in [2.75, 3.05) is 7.11 Å². The molecule has 0 atom stereocenters. The van der Waals surface area contributed by atoms with Crippen LogP contribution in [0, 0.1) is 5.41 Å². The third-order valence-electron chi connectivity index (χ3n) is 5.52. The second kappa shape index (κ2) is 7.83. The fourth-order valence-electron chi connectivity index (χ4n) is 3.87. The molecule has 1 aliphatic rings. The van der Waals surface area contributed by atoms with Gasteiger partial charge in [0.25, 0.3) is 0 Å². The summed E-state index contributed by atoms with van der Waals surface area (Å²) in [4.78, 5) is 14.7. The van der Waals surface area contributed by atoms with Crippen LogP contribution in [0.25, 0.3) is 0 Å². The summed E-state index contributed by atoms with van der Waals surface area (Å²) in [7, 11) is 1.50. The number of nitrogens with zero attached hydrogens (tertiary/aromatic N) is 1. The van der Waals surface area contributed by atoms with Crippen molar-refractivity contribution < 1.29 is 9.53 Å².